The Labute approximate surface area is 118 Å². The molecule has 0 spiro atoms. The predicted molar refractivity (Wildman–Crippen MR) is 73.3 cm³/mol. The summed E-state index contributed by atoms with van der Waals surface area (Å²) in [4.78, 5) is 11.1. The number of aliphatic hydroxyl groups is 1. The number of hydrogen-bond donors (Lipinski definition) is 1. The van der Waals surface area contributed by atoms with Crippen LogP contribution in [0.1, 0.15) is 5.56 Å². The van der Waals surface area contributed by atoms with Crippen molar-refractivity contribution in [3.05, 3.63) is 42.1 Å². The Bertz CT molecular complexity index is 577. The van der Waals surface area contributed by atoms with Gasteiger partial charge in [-0.3, -0.25) is 4.31 Å². The molecule has 110 valence electrons. The Morgan fingerprint density at radius 3 is 2.45 bits per heavy atom. The molecule has 0 aliphatic rings. The third-order valence-electron chi connectivity index (χ3n) is 2.53. The van der Waals surface area contributed by atoms with E-state index < -0.39 is 16.0 Å². The Morgan fingerprint density at radius 1 is 1.35 bits per heavy atom. The van der Waals surface area contributed by atoms with E-state index >= 15 is 0 Å². The van der Waals surface area contributed by atoms with Crippen molar-refractivity contribution in [3.63, 3.8) is 0 Å². The zero-order chi connectivity index (χ0) is 15.2. The van der Waals surface area contributed by atoms with Gasteiger partial charge in [0.15, 0.2) is 0 Å². The molecule has 0 aliphatic carbocycles. The van der Waals surface area contributed by atoms with E-state index in [0.29, 0.717) is 0 Å². The number of sulfonamides is 1. The summed E-state index contributed by atoms with van der Waals surface area (Å²) in [6.07, 6.45) is 2.07. The molecular formula is C13H17NO5S. The normalized spacial score (nSPS) is 11.6. The summed E-state index contributed by atoms with van der Waals surface area (Å²) in [5, 5.41) is 8.96. The van der Waals surface area contributed by atoms with Crippen molar-refractivity contribution in [2.24, 2.45) is 0 Å². The van der Waals surface area contributed by atoms with Crippen molar-refractivity contribution >= 4 is 16.0 Å². The standard InChI is InChI=1S/C13H17NO5S/c1-11-3-5-12(6-4-11)20(17,18)14(9-10-15)8-7-13(16)19-2/h3-8,15H,9-10H2,1-2H3/b8-7+. The highest BCUT2D eigenvalue weighted by Gasteiger charge is 2.21. The maximum atomic E-state index is 12.3. The first-order valence-electron chi connectivity index (χ1n) is 5.87. The predicted octanol–water partition coefficient (Wildman–Crippen LogP) is 0.665. The third kappa shape index (κ3) is 4.07. The van der Waals surface area contributed by atoms with Crippen LogP contribution in [0.2, 0.25) is 0 Å². The largest absolute Gasteiger partial charge is 0.466 e. The molecule has 0 aliphatic heterocycles. The van der Waals surface area contributed by atoms with Crippen LogP contribution in [0.4, 0.5) is 0 Å². The van der Waals surface area contributed by atoms with Gasteiger partial charge in [-0.2, -0.15) is 0 Å². The number of nitrogens with zero attached hydrogens (tertiary/aromatic N) is 1. The van der Waals surface area contributed by atoms with Gasteiger partial charge < -0.3 is 9.84 Å². The fourth-order valence-corrected chi connectivity index (χ4v) is 2.72. The second-order valence-electron chi connectivity index (χ2n) is 3.99. The molecule has 0 unspecified atom stereocenters. The number of benzene rings is 1. The van der Waals surface area contributed by atoms with Crippen LogP contribution in [0.5, 0.6) is 0 Å². The summed E-state index contributed by atoms with van der Waals surface area (Å²) < 4.78 is 30.0. The first-order valence-corrected chi connectivity index (χ1v) is 7.31. The van der Waals surface area contributed by atoms with Crippen LogP contribution in [0.15, 0.2) is 41.4 Å². The van der Waals surface area contributed by atoms with Crippen molar-refractivity contribution in [2.75, 3.05) is 20.3 Å². The van der Waals surface area contributed by atoms with E-state index in [-0.39, 0.29) is 18.0 Å². The number of carbonyl (C=O) groups excluding carboxylic acids is 1. The number of aryl methyl sites for hydroxylation is 1. The van der Waals surface area contributed by atoms with Crippen molar-refractivity contribution in [1.29, 1.82) is 0 Å². The maximum Gasteiger partial charge on any atom is 0.331 e. The zero-order valence-corrected chi connectivity index (χ0v) is 12.1. The van der Waals surface area contributed by atoms with Crippen molar-refractivity contribution in [2.45, 2.75) is 11.8 Å². The minimum absolute atomic E-state index is 0.0889. The molecule has 0 atom stereocenters. The lowest BCUT2D eigenvalue weighted by molar-refractivity contribution is -0.134. The molecule has 1 N–H and O–H groups in total. The van der Waals surface area contributed by atoms with E-state index in [9.17, 15) is 13.2 Å². The van der Waals surface area contributed by atoms with Gasteiger partial charge in [0.2, 0.25) is 0 Å². The second-order valence-corrected chi connectivity index (χ2v) is 5.88. The molecular weight excluding hydrogens is 282 g/mol. The van der Waals surface area contributed by atoms with Gasteiger partial charge in [0.25, 0.3) is 10.0 Å². The summed E-state index contributed by atoms with van der Waals surface area (Å²) in [5.41, 5.74) is 0.933. The fourth-order valence-electron chi connectivity index (χ4n) is 1.43. The SMILES string of the molecule is COC(=O)/C=C/N(CCO)S(=O)(=O)c1ccc(C)cc1. The molecule has 20 heavy (non-hydrogen) atoms. The molecule has 1 aromatic carbocycles. The number of aliphatic hydroxyl groups excluding tert-OH is 1. The lowest BCUT2D eigenvalue weighted by atomic mass is 10.2. The minimum Gasteiger partial charge on any atom is -0.466 e. The monoisotopic (exact) mass is 299 g/mol. The summed E-state index contributed by atoms with van der Waals surface area (Å²) >= 11 is 0. The van der Waals surface area contributed by atoms with Crippen LogP contribution in [0, 0.1) is 6.92 Å². The summed E-state index contributed by atoms with van der Waals surface area (Å²) in [7, 11) is -2.61. The maximum absolute atomic E-state index is 12.3. The van der Waals surface area contributed by atoms with E-state index in [1.807, 2.05) is 6.92 Å². The molecule has 6 nitrogen and oxygen atoms in total. The van der Waals surface area contributed by atoms with Gasteiger partial charge in [0.1, 0.15) is 0 Å². The van der Waals surface area contributed by atoms with Crippen molar-refractivity contribution < 1.29 is 23.1 Å². The number of ether oxygens (including phenoxy) is 1. The Kier molecular flexibility index (Phi) is 5.72. The quantitative estimate of drug-likeness (QED) is 0.616. The van der Waals surface area contributed by atoms with Gasteiger partial charge in [-0.1, -0.05) is 17.7 Å². The van der Waals surface area contributed by atoms with E-state index in [4.69, 9.17) is 5.11 Å². The average Bonchev–Trinajstić information content (AvgIpc) is 2.43. The number of carbonyl (C=O) groups is 1. The van der Waals surface area contributed by atoms with E-state index in [2.05, 4.69) is 4.74 Å². The molecule has 0 aromatic heterocycles. The summed E-state index contributed by atoms with van der Waals surface area (Å²) in [6.45, 7) is 1.33. The first kappa shape index (κ1) is 16.2. The molecule has 7 heteroatoms. The highest BCUT2D eigenvalue weighted by atomic mass is 32.2. The Hall–Kier alpha value is -1.86. The third-order valence-corrected chi connectivity index (χ3v) is 4.32. The molecule has 1 rings (SSSR count). The number of rotatable bonds is 6. The van der Waals surface area contributed by atoms with Gasteiger partial charge >= 0.3 is 5.97 Å². The fraction of sp³-hybridized carbons (Fsp3) is 0.308. The highest BCUT2D eigenvalue weighted by Crippen LogP contribution is 2.16. The Balaban J connectivity index is 3.08. The first-order chi connectivity index (χ1) is 9.41. The van der Waals surface area contributed by atoms with Crippen LogP contribution in [-0.4, -0.2) is 44.1 Å². The van der Waals surface area contributed by atoms with Gasteiger partial charge in [-0.05, 0) is 19.1 Å². The van der Waals surface area contributed by atoms with E-state index in [1.54, 1.807) is 12.1 Å². The lowest BCUT2D eigenvalue weighted by Crippen LogP contribution is -2.29. The van der Waals surface area contributed by atoms with Crippen molar-refractivity contribution in [1.82, 2.24) is 4.31 Å². The van der Waals surface area contributed by atoms with Crippen LogP contribution >= 0.6 is 0 Å². The van der Waals surface area contributed by atoms with Crippen LogP contribution in [0.3, 0.4) is 0 Å². The lowest BCUT2D eigenvalue weighted by Gasteiger charge is -2.19. The number of methoxy groups -OCH3 is 1. The smallest absolute Gasteiger partial charge is 0.331 e. The van der Waals surface area contributed by atoms with E-state index in [1.165, 1.54) is 19.2 Å². The van der Waals surface area contributed by atoms with Gasteiger partial charge in [0, 0.05) is 12.3 Å². The highest BCUT2D eigenvalue weighted by molar-refractivity contribution is 7.89. The number of hydrogen-bond acceptors (Lipinski definition) is 5. The minimum atomic E-state index is -3.81. The molecule has 0 fully saturated rings. The van der Waals surface area contributed by atoms with Crippen LogP contribution in [-0.2, 0) is 19.6 Å². The summed E-state index contributed by atoms with van der Waals surface area (Å²) in [6, 6.07) is 6.30. The van der Waals surface area contributed by atoms with Gasteiger partial charge in [0.05, 0.1) is 25.2 Å². The molecule has 0 radical (unpaired) electrons. The second kappa shape index (κ2) is 7.06. The molecule has 1 aromatic rings. The van der Waals surface area contributed by atoms with Crippen LogP contribution < -0.4 is 0 Å². The topological polar surface area (TPSA) is 83.9 Å². The Morgan fingerprint density at radius 2 is 1.95 bits per heavy atom. The summed E-state index contributed by atoms with van der Waals surface area (Å²) in [5.74, 6) is -0.674. The number of esters is 1. The molecule has 0 bridgehead atoms. The molecule has 0 saturated heterocycles. The van der Waals surface area contributed by atoms with Gasteiger partial charge in [-0.15, -0.1) is 0 Å². The molecule has 0 heterocycles. The van der Waals surface area contributed by atoms with Crippen molar-refractivity contribution in [3.8, 4) is 0 Å². The molecule has 0 saturated carbocycles. The van der Waals surface area contributed by atoms with E-state index in [0.717, 1.165) is 22.1 Å². The van der Waals surface area contributed by atoms with Gasteiger partial charge in [-0.25, -0.2) is 13.2 Å². The zero-order valence-electron chi connectivity index (χ0n) is 11.3. The molecule has 0 amide bonds. The van der Waals surface area contributed by atoms with Crippen LogP contribution in [0.25, 0.3) is 0 Å². The average molecular weight is 299 g/mol.